The van der Waals surface area contributed by atoms with E-state index in [4.69, 9.17) is 0 Å². The third-order valence-corrected chi connectivity index (χ3v) is 4.73. The molecule has 2 heterocycles. The molecule has 1 saturated heterocycles. The van der Waals surface area contributed by atoms with Gasteiger partial charge in [0.05, 0.1) is 18.1 Å². The molecular formula is C9H16N4O2S. The maximum atomic E-state index is 11.3. The molecule has 1 fully saturated rings. The summed E-state index contributed by atoms with van der Waals surface area (Å²) >= 11 is 0. The molecule has 1 aromatic rings. The van der Waals surface area contributed by atoms with Gasteiger partial charge in [-0.25, -0.2) is 8.42 Å². The van der Waals surface area contributed by atoms with Gasteiger partial charge in [0.1, 0.15) is 11.6 Å². The minimum atomic E-state index is -2.81. The fraction of sp³-hybridized carbons (Fsp3) is 0.778. The van der Waals surface area contributed by atoms with Crippen LogP contribution in [-0.4, -0.2) is 40.7 Å². The van der Waals surface area contributed by atoms with Crippen molar-refractivity contribution < 1.29 is 8.42 Å². The van der Waals surface area contributed by atoms with Crippen LogP contribution < -0.4 is 5.32 Å². The molecule has 0 spiro atoms. The highest BCUT2D eigenvalue weighted by Gasteiger charge is 2.27. The Morgan fingerprint density at radius 2 is 2.25 bits per heavy atom. The number of nitrogens with one attached hydrogen (secondary N) is 1. The van der Waals surface area contributed by atoms with Crippen LogP contribution in [-0.2, 0) is 23.4 Å². The van der Waals surface area contributed by atoms with E-state index >= 15 is 0 Å². The molecule has 0 amide bonds. The predicted molar refractivity (Wildman–Crippen MR) is 59.6 cm³/mol. The van der Waals surface area contributed by atoms with E-state index in [2.05, 4.69) is 15.5 Å². The summed E-state index contributed by atoms with van der Waals surface area (Å²) in [6, 6.07) is 0.0574. The van der Waals surface area contributed by atoms with Crippen molar-refractivity contribution in [1.29, 1.82) is 0 Å². The molecule has 0 radical (unpaired) electrons. The van der Waals surface area contributed by atoms with E-state index in [-0.39, 0.29) is 11.8 Å². The molecule has 1 aliphatic heterocycles. The number of sulfone groups is 1. The molecule has 1 aromatic heterocycles. The normalized spacial score (nSPS) is 23.8. The van der Waals surface area contributed by atoms with E-state index in [1.807, 2.05) is 18.5 Å². The molecule has 0 saturated carbocycles. The minimum Gasteiger partial charge on any atom is -0.317 e. The van der Waals surface area contributed by atoms with Crippen LogP contribution >= 0.6 is 0 Å². The van der Waals surface area contributed by atoms with Crippen molar-refractivity contribution in [3.05, 3.63) is 11.6 Å². The molecule has 7 heteroatoms. The molecule has 6 nitrogen and oxygen atoms in total. The molecule has 0 aromatic carbocycles. The van der Waals surface area contributed by atoms with Crippen molar-refractivity contribution in [2.75, 3.05) is 11.5 Å². The molecule has 1 N–H and O–H groups in total. The Labute approximate surface area is 95.0 Å². The lowest BCUT2D eigenvalue weighted by Gasteiger charge is -2.09. The van der Waals surface area contributed by atoms with Crippen LogP contribution in [0.4, 0.5) is 0 Å². The minimum absolute atomic E-state index is 0.0574. The Balaban J connectivity index is 1.92. The van der Waals surface area contributed by atoms with Crippen molar-refractivity contribution in [2.24, 2.45) is 7.05 Å². The van der Waals surface area contributed by atoms with Gasteiger partial charge in [0.15, 0.2) is 9.84 Å². The Kier molecular flexibility index (Phi) is 2.98. The molecule has 16 heavy (non-hydrogen) atoms. The third-order valence-electron chi connectivity index (χ3n) is 2.96. The lowest BCUT2D eigenvalue weighted by molar-refractivity contribution is 0.532. The van der Waals surface area contributed by atoms with Crippen molar-refractivity contribution in [3.8, 4) is 0 Å². The molecule has 90 valence electrons. The lowest BCUT2D eigenvalue weighted by atomic mass is 10.2. The smallest absolute Gasteiger partial charge is 0.151 e. The van der Waals surface area contributed by atoms with E-state index < -0.39 is 9.84 Å². The number of rotatable bonds is 3. The zero-order chi connectivity index (χ0) is 11.8. The summed E-state index contributed by atoms with van der Waals surface area (Å²) in [6.45, 7) is 2.45. The number of hydrogen-bond donors (Lipinski definition) is 1. The van der Waals surface area contributed by atoms with Gasteiger partial charge in [0.25, 0.3) is 0 Å². The van der Waals surface area contributed by atoms with Gasteiger partial charge in [0.2, 0.25) is 0 Å². The number of aromatic nitrogens is 3. The summed E-state index contributed by atoms with van der Waals surface area (Å²) in [5.41, 5.74) is 0. The van der Waals surface area contributed by atoms with E-state index in [1.54, 1.807) is 0 Å². The van der Waals surface area contributed by atoms with Crippen LogP contribution in [0.3, 0.4) is 0 Å². The van der Waals surface area contributed by atoms with Gasteiger partial charge in [0, 0.05) is 13.1 Å². The Bertz CT molecular complexity index is 480. The van der Waals surface area contributed by atoms with Crippen LogP contribution in [0.25, 0.3) is 0 Å². The first-order chi connectivity index (χ1) is 7.48. The highest BCUT2D eigenvalue weighted by Crippen LogP contribution is 2.11. The van der Waals surface area contributed by atoms with E-state index in [9.17, 15) is 8.42 Å². The summed E-state index contributed by atoms with van der Waals surface area (Å²) in [7, 11) is -0.910. The van der Waals surface area contributed by atoms with Crippen LogP contribution in [0, 0.1) is 6.92 Å². The molecule has 0 bridgehead atoms. The number of nitrogens with zero attached hydrogens (tertiary/aromatic N) is 3. The maximum Gasteiger partial charge on any atom is 0.151 e. The zero-order valence-corrected chi connectivity index (χ0v) is 10.3. The topological polar surface area (TPSA) is 76.9 Å². The SMILES string of the molecule is Cc1nnc(CNC2CCS(=O)(=O)C2)n1C. The second kappa shape index (κ2) is 4.14. The largest absolute Gasteiger partial charge is 0.317 e. The van der Waals surface area contributed by atoms with Gasteiger partial charge < -0.3 is 9.88 Å². The fourth-order valence-electron chi connectivity index (χ4n) is 1.80. The second-order valence-corrected chi connectivity index (χ2v) is 6.43. The van der Waals surface area contributed by atoms with E-state index in [0.29, 0.717) is 18.7 Å². The Hall–Kier alpha value is -0.950. The van der Waals surface area contributed by atoms with E-state index in [0.717, 1.165) is 11.6 Å². The highest BCUT2D eigenvalue weighted by molar-refractivity contribution is 7.91. The van der Waals surface area contributed by atoms with Crippen molar-refractivity contribution in [1.82, 2.24) is 20.1 Å². The molecule has 2 rings (SSSR count). The lowest BCUT2D eigenvalue weighted by Crippen LogP contribution is -2.30. The zero-order valence-electron chi connectivity index (χ0n) is 9.47. The quantitative estimate of drug-likeness (QED) is 0.768. The van der Waals surface area contributed by atoms with Crippen molar-refractivity contribution >= 4 is 9.84 Å². The first-order valence-electron chi connectivity index (χ1n) is 5.26. The highest BCUT2D eigenvalue weighted by atomic mass is 32.2. The van der Waals surface area contributed by atoms with Crippen LogP contribution in [0.2, 0.25) is 0 Å². The van der Waals surface area contributed by atoms with Gasteiger partial charge >= 0.3 is 0 Å². The van der Waals surface area contributed by atoms with Gasteiger partial charge in [-0.1, -0.05) is 0 Å². The third kappa shape index (κ3) is 2.41. The van der Waals surface area contributed by atoms with Gasteiger partial charge in [-0.2, -0.15) is 0 Å². The molecule has 1 unspecified atom stereocenters. The maximum absolute atomic E-state index is 11.3. The average molecular weight is 244 g/mol. The van der Waals surface area contributed by atoms with Crippen LogP contribution in [0.1, 0.15) is 18.1 Å². The summed E-state index contributed by atoms with van der Waals surface area (Å²) < 4.78 is 24.4. The first-order valence-corrected chi connectivity index (χ1v) is 7.09. The summed E-state index contributed by atoms with van der Waals surface area (Å²) in [4.78, 5) is 0. The van der Waals surface area contributed by atoms with Gasteiger partial charge in [-0.15, -0.1) is 10.2 Å². The fourth-order valence-corrected chi connectivity index (χ4v) is 3.50. The summed E-state index contributed by atoms with van der Waals surface area (Å²) in [5, 5.41) is 11.2. The average Bonchev–Trinajstić information content (AvgIpc) is 2.70. The van der Waals surface area contributed by atoms with Crippen molar-refractivity contribution in [2.45, 2.75) is 25.9 Å². The van der Waals surface area contributed by atoms with E-state index in [1.165, 1.54) is 0 Å². The molecule has 0 aliphatic carbocycles. The van der Waals surface area contributed by atoms with Gasteiger partial charge in [-0.05, 0) is 13.3 Å². The summed E-state index contributed by atoms with van der Waals surface area (Å²) in [6.07, 6.45) is 0.694. The second-order valence-electron chi connectivity index (χ2n) is 4.20. The number of hydrogen-bond acceptors (Lipinski definition) is 5. The Morgan fingerprint density at radius 3 is 2.75 bits per heavy atom. The van der Waals surface area contributed by atoms with Crippen LogP contribution in [0.15, 0.2) is 0 Å². The molecule has 1 atom stereocenters. The summed E-state index contributed by atoms with van der Waals surface area (Å²) in [5.74, 6) is 2.23. The number of aryl methyl sites for hydroxylation is 1. The molecule has 1 aliphatic rings. The first kappa shape index (κ1) is 11.5. The monoisotopic (exact) mass is 244 g/mol. The standard InChI is InChI=1S/C9H16N4O2S/c1-7-11-12-9(13(7)2)5-10-8-3-4-16(14,15)6-8/h8,10H,3-6H2,1-2H3. The molecular weight excluding hydrogens is 228 g/mol. The predicted octanol–water partition coefficient (Wildman–Crippen LogP) is -0.600. The van der Waals surface area contributed by atoms with Crippen LogP contribution in [0.5, 0.6) is 0 Å². The van der Waals surface area contributed by atoms with Crippen molar-refractivity contribution in [3.63, 3.8) is 0 Å². The van der Waals surface area contributed by atoms with Gasteiger partial charge in [-0.3, -0.25) is 0 Å². The Morgan fingerprint density at radius 1 is 1.50 bits per heavy atom.